The van der Waals surface area contributed by atoms with Crippen molar-refractivity contribution in [2.24, 2.45) is 35.5 Å². The Hall–Kier alpha value is 0.860. The molecule has 0 amide bonds. The van der Waals surface area contributed by atoms with Gasteiger partial charge in [-0.1, -0.05) is 84.6 Å². The predicted octanol–water partition coefficient (Wildman–Crippen LogP) is 9.59. The lowest BCUT2D eigenvalue weighted by atomic mass is 9.56. The molecular weight excluding hydrogens is 410 g/mol. The minimum Gasteiger partial charge on any atom is -0.0971 e. The third-order valence-electron chi connectivity index (χ3n) is 9.68. The van der Waals surface area contributed by atoms with Gasteiger partial charge in [0.05, 0.1) is 0 Å². The molecule has 3 atom stereocenters. The summed E-state index contributed by atoms with van der Waals surface area (Å²) in [7, 11) is 0.186. The van der Waals surface area contributed by atoms with Crippen LogP contribution in [0, 0.1) is 35.5 Å². The van der Waals surface area contributed by atoms with Crippen LogP contribution in [0.25, 0.3) is 0 Å². The second-order valence-corrected chi connectivity index (χ2v) is 22.3. The Kier molecular flexibility index (Phi) is 7.10. The van der Waals surface area contributed by atoms with E-state index in [0.29, 0.717) is 15.5 Å². The summed E-state index contributed by atoms with van der Waals surface area (Å²) in [4.78, 5) is 0. The fourth-order valence-corrected chi connectivity index (χ4v) is 17.1. The highest BCUT2D eigenvalue weighted by molar-refractivity contribution is 7.61. The van der Waals surface area contributed by atoms with E-state index in [4.69, 9.17) is 0 Å². The molecule has 0 aliphatic heterocycles. The molecule has 4 bridgehead atoms. The van der Waals surface area contributed by atoms with E-state index >= 15 is 0 Å². The first kappa shape index (κ1) is 25.0. The van der Waals surface area contributed by atoms with Crippen molar-refractivity contribution in [2.45, 2.75) is 135 Å². The van der Waals surface area contributed by atoms with Gasteiger partial charge in [-0.25, -0.2) is 0 Å². The van der Waals surface area contributed by atoms with E-state index in [1.54, 1.807) is 50.8 Å². The maximum atomic E-state index is 2.63. The molecule has 180 valence electrons. The van der Waals surface area contributed by atoms with Crippen LogP contribution in [0.15, 0.2) is 0 Å². The van der Waals surface area contributed by atoms with Crippen molar-refractivity contribution in [3.63, 3.8) is 0 Å². The smallest absolute Gasteiger partial charge is 0.0147 e. The number of rotatable bonds is 5. The van der Waals surface area contributed by atoms with Gasteiger partial charge in [-0.2, -0.15) is 0 Å². The summed E-state index contributed by atoms with van der Waals surface area (Å²) in [6.07, 6.45) is 15.8. The molecular formula is C29H54P2. The van der Waals surface area contributed by atoms with Gasteiger partial charge in [0.1, 0.15) is 0 Å². The third-order valence-corrected chi connectivity index (χ3v) is 17.9. The zero-order valence-electron chi connectivity index (χ0n) is 22.5. The van der Waals surface area contributed by atoms with Crippen LogP contribution in [-0.4, -0.2) is 33.5 Å². The highest BCUT2D eigenvalue weighted by Gasteiger charge is 2.53. The molecule has 0 heterocycles. The molecule has 0 aromatic heterocycles. The van der Waals surface area contributed by atoms with Gasteiger partial charge in [-0.3, -0.25) is 0 Å². The molecule has 5 fully saturated rings. The monoisotopic (exact) mass is 464 g/mol. The van der Waals surface area contributed by atoms with E-state index in [1.165, 1.54) is 12.8 Å². The van der Waals surface area contributed by atoms with E-state index < -0.39 is 0 Å². The topological polar surface area (TPSA) is 0 Å². The fraction of sp³-hybridized carbons (Fsp3) is 1.00. The first-order chi connectivity index (χ1) is 14.2. The first-order valence-electron chi connectivity index (χ1n) is 13.8. The van der Waals surface area contributed by atoms with Crippen molar-refractivity contribution in [2.75, 3.05) is 12.3 Å². The van der Waals surface area contributed by atoms with E-state index in [-0.39, 0.29) is 15.8 Å². The maximum absolute atomic E-state index is 2.63. The van der Waals surface area contributed by atoms with E-state index in [0.717, 1.165) is 41.2 Å². The molecule has 31 heavy (non-hydrogen) atoms. The molecule has 0 saturated heterocycles. The van der Waals surface area contributed by atoms with Crippen LogP contribution in [0.2, 0.25) is 0 Å². The Morgan fingerprint density at radius 3 is 1.45 bits per heavy atom. The van der Waals surface area contributed by atoms with Gasteiger partial charge in [0, 0.05) is 0 Å². The van der Waals surface area contributed by atoms with Crippen LogP contribution < -0.4 is 0 Å². The van der Waals surface area contributed by atoms with E-state index in [1.807, 2.05) is 0 Å². The number of hydrogen-bond acceptors (Lipinski definition) is 0. The Morgan fingerprint density at radius 2 is 1.03 bits per heavy atom. The summed E-state index contributed by atoms with van der Waals surface area (Å²) < 4.78 is 0. The molecule has 5 saturated carbocycles. The summed E-state index contributed by atoms with van der Waals surface area (Å²) in [6, 6.07) is 0. The summed E-state index contributed by atoms with van der Waals surface area (Å²) in [5, 5.41) is 1.51. The fourth-order valence-electron chi connectivity index (χ4n) is 8.88. The van der Waals surface area contributed by atoms with Gasteiger partial charge in [-0.05, 0) is 114 Å². The van der Waals surface area contributed by atoms with E-state index in [9.17, 15) is 0 Å². The Balaban J connectivity index is 1.51. The zero-order chi connectivity index (χ0) is 22.8. The van der Waals surface area contributed by atoms with Crippen molar-refractivity contribution in [1.82, 2.24) is 0 Å². The second kappa shape index (κ2) is 8.82. The molecule has 3 unspecified atom stereocenters. The lowest BCUT2D eigenvalue weighted by Gasteiger charge is -2.59. The van der Waals surface area contributed by atoms with Crippen molar-refractivity contribution >= 4 is 15.8 Å². The van der Waals surface area contributed by atoms with E-state index in [2.05, 4.69) is 62.3 Å². The molecule has 0 nitrogen and oxygen atoms in total. The van der Waals surface area contributed by atoms with Gasteiger partial charge in [0.25, 0.3) is 0 Å². The van der Waals surface area contributed by atoms with Crippen LogP contribution in [0.5, 0.6) is 0 Å². The lowest BCUT2D eigenvalue weighted by molar-refractivity contribution is 0.0241. The molecule has 5 rings (SSSR count). The summed E-state index contributed by atoms with van der Waals surface area (Å²) in [6.45, 7) is 23.1. The molecule has 0 N–H and O–H groups in total. The van der Waals surface area contributed by atoms with Gasteiger partial charge >= 0.3 is 0 Å². The number of hydrogen-bond donors (Lipinski definition) is 0. The average Bonchev–Trinajstić information content (AvgIpc) is 3.02. The Morgan fingerprint density at radius 1 is 0.581 bits per heavy atom. The van der Waals surface area contributed by atoms with Gasteiger partial charge in [-0.15, -0.1) is 0 Å². The largest absolute Gasteiger partial charge is 0.0971 e. The molecule has 0 aromatic carbocycles. The highest BCUT2D eigenvalue weighted by Crippen LogP contribution is 2.69. The zero-order valence-corrected chi connectivity index (χ0v) is 24.3. The quantitative estimate of drug-likeness (QED) is 0.355. The van der Waals surface area contributed by atoms with Crippen LogP contribution in [0.1, 0.15) is 114 Å². The van der Waals surface area contributed by atoms with Crippen LogP contribution in [-0.2, 0) is 0 Å². The predicted molar refractivity (Wildman–Crippen MR) is 144 cm³/mol. The minimum absolute atomic E-state index is 0.0495. The van der Waals surface area contributed by atoms with Crippen LogP contribution in [0.3, 0.4) is 0 Å². The molecule has 5 aliphatic carbocycles. The van der Waals surface area contributed by atoms with Crippen molar-refractivity contribution < 1.29 is 0 Å². The average molecular weight is 465 g/mol. The van der Waals surface area contributed by atoms with Gasteiger partial charge in [0.2, 0.25) is 0 Å². The summed E-state index contributed by atoms with van der Waals surface area (Å²) in [5.74, 6) is 6.53. The first-order valence-corrected chi connectivity index (χ1v) is 16.9. The van der Waals surface area contributed by atoms with Crippen LogP contribution in [0.4, 0.5) is 0 Å². The van der Waals surface area contributed by atoms with Crippen molar-refractivity contribution in [1.29, 1.82) is 0 Å². The van der Waals surface area contributed by atoms with Gasteiger partial charge in [0.15, 0.2) is 0 Å². The second-order valence-electron chi connectivity index (χ2n) is 15.1. The maximum Gasteiger partial charge on any atom is -0.0147 e. The minimum atomic E-state index is 0.0495. The summed E-state index contributed by atoms with van der Waals surface area (Å²) >= 11 is 0. The van der Waals surface area contributed by atoms with Crippen molar-refractivity contribution in [3.05, 3.63) is 0 Å². The molecule has 2 heteroatoms. The Bertz CT molecular complexity index is 574. The molecule has 0 radical (unpaired) electrons. The third kappa shape index (κ3) is 5.42. The lowest BCUT2D eigenvalue weighted by Crippen LogP contribution is -2.49. The SMILES string of the molecule is CC(C)(C)P(CC1CCCC1CP(C(C)(C)C)C(C)(C)C)C1C2CC3CC(C2)CC1C3. The van der Waals surface area contributed by atoms with Crippen molar-refractivity contribution in [3.8, 4) is 0 Å². The summed E-state index contributed by atoms with van der Waals surface area (Å²) in [5.41, 5.74) is 1.12. The standard InChI is InChI=1S/C29H54P2/c1-27(2,3)30(26-24-14-20-13-21(16-24)17-25(26)15-20)18-22-11-10-12-23(22)19-31(28(4,5)6)29(7,8)9/h20-26H,10-19H2,1-9H3. The van der Waals surface area contributed by atoms with Gasteiger partial charge < -0.3 is 0 Å². The van der Waals surface area contributed by atoms with Crippen LogP contribution >= 0.6 is 15.8 Å². The molecule has 0 spiro atoms. The normalized spacial score (nSPS) is 39.5. The Labute approximate surface area is 198 Å². The molecule has 5 aliphatic rings. The molecule has 0 aromatic rings. The highest BCUT2D eigenvalue weighted by atomic mass is 31.1.